The monoisotopic (exact) mass is 325 g/mol. The second-order valence-electron chi connectivity index (χ2n) is 4.62. The van der Waals surface area contributed by atoms with E-state index in [2.05, 4.69) is 0 Å². The average Bonchev–Trinajstić information content (AvgIpc) is 2.49. The summed E-state index contributed by atoms with van der Waals surface area (Å²) < 4.78 is 10.8. The van der Waals surface area contributed by atoms with Gasteiger partial charge in [-0.3, -0.25) is 0 Å². The minimum Gasteiger partial charge on any atom is -0.496 e. The van der Waals surface area contributed by atoms with Crippen molar-refractivity contribution in [1.82, 2.24) is 0 Å². The van der Waals surface area contributed by atoms with Crippen LogP contribution < -0.4 is 15.2 Å². The quantitative estimate of drug-likeness (QED) is 0.893. The van der Waals surface area contributed by atoms with Crippen LogP contribution in [-0.2, 0) is 6.42 Å². The predicted molar refractivity (Wildman–Crippen MR) is 86.6 cm³/mol. The molecule has 21 heavy (non-hydrogen) atoms. The lowest BCUT2D eigenvalue weighted by atomic mass is 9.98. The maximum Gasteiger partial charge on any atom is 0.127 e. The van der Waals surface area contributed by atoms with E-state index in [9.17, 15) is 0 Å². The van der Waals surface area contributed by atoms with Crippen molar-refractivity contribution in [1.29, 1.82) is 0 Å². The van der Waals surface area contributed by atoms with Crippen molar-refractivity contribution in [2.75, 3.05) is 14.2 Å². The van der Waals surface area contributed by atoms with Gasteiger partial charge in [0.05, 0.1) is 19.8 Å². The summed E-state index contributed by atoms with van der Waals surface area (Å²) in [6, 6.07) is 10.6. The van der Waals surface area contributed by atoms with E-state index >= 15 is 0 Å². The summed E-state index contributed by atoms with van der Waals surface area (Å²) in [5.41, 5.74) is 8.05. The molecule has 1 atom stereocenters. The zero-order chi connectivity index (χ0) is 15.4. The van der Waals surface area contributed by atoms with Gasteiger partial charge in [-0.05, 0) is 42.3 Å². The summed E-state index contributed by atoms with van der Waals surface area (Å²) in [7, 11) is 3.22. The molecular weight excluding hydrogens is 309 g/mol. The Bertz CT molecular complexity index is 609. The van der Waals surface area contributed by atoms with Crippen molar-refractivity contribution in [3.63, 3.8) is 0 Å². The van der Waals surface area contributed by atoms with Crippen LogP contribution in [0.1, 0.15) is 17.2 Å². The van der Waals surface area contributed by atoms with Gasteiger partial charge in [0.1, 0.15) is 11.5 Å². The number of methoxy groups -OCH3 is 2. The van der Waals surface area contributed by atoms with Gasteiger partial charge in [-0.25, -0.2) is 0 Å². The Morgan fingerprint density at radius 1 is 1.05 bits per heavy atom. The van der Waals surface area contributed by atoms with Crippen LogP contribution in [0.3, 0.4) is 0 Å². The van der Waals surface area contributed by atoms with Crippen molar-refractivity contribution in [2.24, 2.45) is 5.73 Å². The predicted octanol–water partition coefficient (Wildman–Crippen LogP) is 4.25. The topological polar surface area (TPSA) is 44.5 Å². The third kappa shape index (κ3) is 3.62. The summed E-state index contributed by atoms with van der Waals surface area (Å²) in [4.78, 5) is 0. The maximum atomic E-state index is 6.34. The Balaban J connectivity index is 2.36. The van der Waals surface area contributed by atoms with Crippen molar-refractivity contribution in [3.05, 3.63) is 57.6 Å². The Kier molecular flexibility index (Phi) is 5.34. The molecule has 0 saturated heterocycles. The Morgan fingerprint density at radius 2 is 1.67 bits per heavy atom. The van der Waals surface area contributed by atoms with E-state index in [1.807, 2.05) is 24.3 Å². The molecule has 0 aliphatic heterocycles. The van der Waals surface area contributed by atoms with Crippen LogP contribution in [0.4, 0.5) is 0 Å². The zero-order valence-corrected chi connectivity index (χ0v) is 13.4. The summed E-state index contributed by atoms with van der Waals surface area (Å²) in [6.07, 6.45) is 0.538. The zero-order valence-electron chi connectivity index (χ0n) is 11.9. The molecule has 0 spiro atoms. The van der Waals surface area contributed by atoms with Gasteiger partial charge in [-0.1, -0.05) is 29.3 Å². The van der Waals surface area contributed by atoms with Crippen molar-refractivity contribution in [3.8, 4) is 11.5 Å². The van der Waals surface area contributed by atoms with Gasteiger partial charge >= 0.3 is 0 Å². The number of halogens is 2. The lowest BCUT2D eigenvalue weighted by Gasteiger charge is -2.19. The minimum atomic E-state index is -0.313. The van der Waals surface area contributed by atoms with Crippen LogP contribution in [-0.4, -0.2) is 14.2 Å². The molecule has 0 aliphatic rings. The van der Waals surface area contributed by atoms with Crippen LogP contribution in [0.2, 0.25) is 10.0 Å². The molecule has 0 heterocycles. The van der Waals surface area contributed by atoms with E-state index in [1.165, 1.54) is 0 Å². The molecule has 0 aliphatic carbocycles. The number of ether oxygens (including phenoxy) is 2. The molecule has 1 unspecified atom stereocenters. The number of hydrogen-bond acceptors (Lipinski definition) is 3. The van der Waals surface area contributed by atoms with Crippen LogP contribution in [0.25, 0.3) is 0 Å². The van der Waals surface area contributed by atoms with E-state index in [1.54, 1.807) is 26.4 Å². The largest absolute Gasteiger partial charge is 0.496 e. The van der Waals surface area contributed by atoms with E-state index in [-0.39, 0.29) is 6.04 Å². The fourth-order valence-corrected chi connectivity index (χ4v) is 2.67. The van der Waals surface area contributed by atoms with E-state index in [0.717, 1.165) is 11.1 Å². The van der Waals surface area contributed by atoms with Crippen LogP contribution >= 0.6 is 23.2 Å². The molecule has 0 saturated carbocycles. The van der Waals surface area contributed by atoms with Crippen LogP contribution in [0.15, 0.2) is 36.4 Å². The van der Waals surface area contributed by atoms with Gasteiger partial charge in [0.25, 0.3) is 0 Å². The fourth-order valence-electron chi connectivity index (χ4n) is 2.28. The average molecular weight is 326 g/mol. The summed E-state index contributed by atoms with van der Waals surface area (Å²) >= 11 is 12.2. The minimum absolute atomic E-state index is 0.313. The van der Waals surface area contributed by atoms with Crippen molar-refractivity contribution >= 4 is 23.2 Å². The Labute approximate surface area is 134 Å². The van der Waals surface area contributed by atoms with Crippen LogP contribution in [0.5, 0.6) is 11.5 Å². The van der Waals surface area contributed by atoms with Gasteiger partial charge in [0.2, 0.25) is 0 Å². The number of hydrogen-bond donors (Lipinski definition) is 1. The first-order valence-corrected chi connectivity index (χ1v) is 7.22. The highest BCUT2D eigenvalue weighted by Crippen LogP contribution is 2.35. The normalized spacial score (nSPS) is 12.0. The smallest absolute Gasteiger partial charge is 0.127 e. The van der Waals surface area contributed by atoms with Crippen molar-refractivity contribution < 1.29 is 9.47 Å². The third-order valence-corrected chi connectivity index (χ3v) is 3.89. The molecule has 0 radical (unpaired) electrons. The molecule has 2 aromatic rings. The Morgan fingerprint density at radius 3 is 2.24 bits per heavy atom. The van der Waals surface area contributed by atoms with Gasteiger partial charge in [-0.15, -0.1) is 0 Å². The van der Waals surface area contributed by atoms with Crippen molar-refractivity contribution in [2.45, 2.75) is 12.5 Å². The van der Waals surface area contributed by atoms with Gasteiger partial charge in [-0.2, -0.15) is 0 Å². The van der Waals surface area contributed by atoms with E-state index in [0.29, 0.717) is 28.0 Å². The fraction of sp³-hybridized carbons (Fsp3) is 0.250. The Hall–Kier alpha value is -1.42. The second kappa shape index (κ2) is 7.03. The molecule has 2 rings (SSSR count). The molecule has 0 amide bonds. The lowest BCUT2D eigenvalue weighted by Crippen LogP contribution is -2.16. The molecular formula is C16H17Cl2NO2. The molecule has 0 fully saturated rings. The molecule has 112 valence electrons. The number of rotatable bonds is 5. The highest BCUT2D eigenvalue weighted by Gasteiger charge is 2.19. The summed E-state index contributed by atoms with van der Waals surface area (Å²) in [6.45, 7) is 0. The molecule has 0 aromatic heterocycles. The number of benzene rings is 2. The van der Waals surface area contributed by atoms with Gasteiger partial charge in [0, 0.05) is 16.1 Å². The van der Waals surface area contributed by atoms with Gasteiger partial charge in [0.15, 0.2) is 0 Å². The highest BCUT2D eigenvalue weighted by molar-refractivity contribution is 6.33. The van der Waals surface area contributed by atoms with E-state index in [4.69, 9.17) is 38.4 Å². The molecule has 3 nitrogen and oxygen atoms in total. The standard InChI is InChI=1S/C16H17Cl2NO2/c1-20-14-4-3-5-15(21-2)16(14)13(19)9-10-8-11(17)6-7-12(10)18/h3-8,13H,9,19H2,1-2H3. The molecule has 5 heteroatoms. The maximum absolute atomic E-state index is 6.34. The first kappa shape index (κ1) is 16.0. The first-order chi connectivity index (χ1) is 10.1. The lowest BCUT2D eigenvalue weighted by molar-refractivity contribution is 0.379. The molecule has 2 aromatic carbocycles. The first-order valence-electron chi connectivity index (χ1n) is 6.47. The highest BCUT2D eigenvalue weighted by atomic mass is 35.5. The second-order valence-corrected chi connectivity index (χ2v) is 5.47. The third-order valence-electron chi connectivity index (χ3n) is 3.28. The molecule has 0 bridgehead atoms. The molecule has 2 N–H and O–H groups in total. The number of nitrogens with two attached hydrogens (primary N) is 1. The van der Waals surface area contributed by atoms with Gasteiger partial charge < -0.3 is 15.2 Å². The van der Waals surface area contributed by atoms with E-state index < -0.39 is 0 Å². The summed E-state index contributed by atoms with van der Waals surface area (Å²) in [5, 5.41) is 1.28. The summed E-state index contributed by atoms with van der Waals surface area (Å²) in [5.74, 6) is 1.39. The van der Waals surface area contributed by atoms with Crippen LogP contribution in [0, 0.1) is 0 Å². The SMILES string of the molecule is COc1cccc(OC)c1C(N)Cc1cc(Cl)ccc1Cl.